The van der Waals surface area contributed by atoms with Gasteiger partial charge < -0.3 is 9.64 Å². The number of hydrogen-bond acceptors (Lipinski definition) is 4. The molecule has 6 nitrogen and oxygen atoms in total. The van der Waals surface area contributed by atoms with Crippen LogP contribution in [0.1, 0.15) is 31.0 Å². The molecule has 0 bridgehead atoms. The summed E-state index contributed by atoms with van der Waals surface area (Å²) in [7, 11) is 1.65. The summed E-state index contributed by atoms with van der Waals surface area (Å²) in [5, 5.41) is 18.1. The zero-order chi connectivity index (χ0) is 18.8. The highest BCUT2D eigenvalue weighted by Gasteiger charge is 2.33. The highest BCUT2D eigenvalue weighted by atomic mass is 16.5. The van der Waals surface area contributed by atoms with Crippen LogP contribution >= 0.6 is 0 Å². The van der Waals surface area contributed by atoms with Gasteiger partial charge in [-0.05, 0) is 38.5 Å². The van der Waals surface area contributed by atoms with Crippen LogP contribution < -0.4 is 0 Å². The van der Waals surface area contributed by atoms with Gasteiger partial charge in [0.15, 0.2) is 5.70 Å². The van der Waals surface area contributed by atoms with Crippen LogP contribution in [0.3, 0.4) is 0 Å². The average Bonchev–Trinajstić information content (AvgIpc) is 3.01. The molecule has 0 spiro atoms. The van der Waals surface area contributed by atoms with E-state index in [4.69, 9.17) is 11.3 Å². The SMILES string of the molecule is [C-]#[N+]C1=C(C)N(CCOC)C(C)=C(C#N)C1c1ccc2n[nH]c(C)c2c1. The second-order valence-corrected chi connectivity index (χ2v) is 6.40. The number of hydrogen-bond donors (Lipinski definition) is 1. The van der Waals surface area contributed by atoms with Crippen molar-refractivity contribution in [1.29, 1.82) is 5.26 Å². The lowest BCUT2D eigenvalue weighted by Crippen LogP contribution is -2.31. The summed E-state index contributed by atoms with van der Waals surface area (Å²) in [4.78, 5) is 5.81. The number of allylic oxidation sites excluding steroid dienone is 3. The molecule has 1 unspecified atom stereocenters. The molecule has 132 valence electrons. The average molecular weight is 347 g/mol. The van der Waals surface area contributed by atoms with Crippen LogP contribution in [0.2, 0.25) is 0 Å². The molecule has 1 aromatic carbocycles. The van der Waals surface area contributed by atoms with Crippen molar-refractivity contribution >= 4 is 10.9 Å². The Kier molecular flexibility index (Phi) is 4.79. The van der Waals surface area contributed by atoms with Gasteiger partial charge in [0.1, 0.15) is 0 Å². The predicted molar refractivity (Wildman–Crippen MR) is 99.8 cm³/mol. The Morgan fingerprint density at radius 1 is 1.35 bits per heavy atom. The molecule has 0 fully saturated rings. The van der Waals surface area contributed by atoms with Crippen molar-refractivity contribution in [2.45, 2.75) is 26.7 Å². The molecule has 26 heavy (non-hydrogen) atoms. The first-order valence-electron chi connectivity index (χ1n) is 8.43. The van der Waals surface area contributed by atoms with Gasteiger partial charge >= 0.3 is 0 Å². The number of nitrogens with zero attached hydrogens (tertiary/aromatic N) is 4. The molecule has 1 N–H and O–H groups in total. The first kappa shape index (κ1) is 17.7. The van der Waals surface area contributed by atoms with Crippen molar-refractivity contribution in [2.75, 3.05) is 20.3 Å². The molecule has 3 rings (SSSR count). The van der Waals surface area contributed by atoms with E-state index in [1.807, 2.05) is 43.9 Å². The van der Waals surface area contributed by atoms with E-state index in [0.717, 1.165) is 33.6 Å². The smallest absolute Gasteiger partial charge is 0.196 e. The lowest BCUT2D eigenvalue weighted by Gasteiger charge is -2.35. The van der Waals surface area contributed by atoms with E-state index >= 15 is 0 Å². The number of nitriles is 1. The van der Waals surface area contributed by atoms with Crippen LogP contribution in [0.5, 0.6) is 0 Å². The Morgan fingerprint density at radius 3 is 2.77 bits per heavy atom. The standard InChI is InChI=1S/C20H21N5O/c1-12-16-10-15(6-7-18(16)24-23-12)19-17(11-21)13(2)25(8-9-26-5)14(3)20(19)22-4/h6-7,10,19H,8-9H2,1-3,5H3,(H,23,24). The fraction of sp³-hybridized carbons (Fsp3) is 0.350. The molecule has 0 radical (unpaired) electrons. The minimum atomic E-state index is -0.352. The maximum Gasteiger partial charge on any atom is 0.196 e. The first-order valence-corrected chi connectivity index (χ1v) is 8.43. The van der Waals surface area contributed by atoms with Crippen LogP contribution in [0.15, 0.2) is 40.9 Å². The molecule has 0 amide bonds. The second kappa shape index (κ2) is 7.03. The predicted octanol–water partition coefficient (Wildman–Crippen LogP) is 3.87. The Hall–Kier alpha value is -3.09. The molecule has 1 atom stereocenters. The van der Waals surface area contributed by atoms with E-state index in [-0.39, 0.29) is 5.92 Å². The van der Waals surface area contributed by atoms with Gasteiger partial charge in [0, 0.05) is 36.1 Å². The Labute approximate surface area is 153 Å². The first-order chi connectivity index (χ1) is 12.5. The minimum Gasteiger partial charge on any atom is -0.383 e. The summed E-state index contributed by atoms with van der Waals surface area (Å²) in [6.45, 7) is 14.7. The number of benzene rings is 1. The summed E-state index contributed by atoms with van der Waals surface area (Å²) in [5.41, 5.74) is 5.75. The number of methoxy groups -OCH3 is 1. The number of H-pyrrole nitrogens is 1. The van der Waals surface area contributed by atoms with Crippen LogP contribution in [-0.4, -0.2) is 35.4 Å². The van der Waals surface area contributed by atoms with E-state index < -0.39 is 0 Å². The molecular formula is C20H21N5O. The molecule has 1 aromatic heterocycles. The minimum absolute atomic E-state index is 0.352. The molecule has 0 saturated heterocycles. The quantitative estimate of drug-likeness (QED) is 0.853. The van der Waals surface area contributed by atoms with E-state index in [1.165, 1.54) is 0 Å². The summed E-state index contributed by atoms with van der Waals surface area (Å²) in [6, 6.07) is 8.28. The second-order valence-electron chi connectivity index (χ2n) is 6.40. The van der Waals surface area contributed by atoms with Gasteiger partial charge in [-0.15, -0.1) is 0 Å². The maximum atomic E-state index is 9.85. The highest BCUT2D eigenvalue weighted by Crippen LogP contribution is 2.42. The van der Waals surface area contributed by atoms with Crippen molar-refractivity contribution in [3.8, 4) is 6.07 Å². The van der Waals surface area contributed by atoms with Crippen LogP contribution in [0.25, 0.3) is 15.7 Å². The fourth-order valence-corrected chi connectivity index (χ4v) is 3.56. The Morgan fingerprint density at radius 2 is 2.12 bits per heavy atom. The van der Waals surface area contributed by atoms with Crippen LogP contribution in [0, 0.1) is 24.8 Å². The summed E-state index contributed by atoms with van der Waals surface area (Å²) in [5.74, 6) is -0.352. The molecule has 0 aliphatic carbocycles. The van der Waals surface area contributed by atoms with Crippen molar-refractivity contribution in [3.63, 3.8) is 0 Å². The van der Waals surface area contributed by atoms with E-state index in [1.54, 1.807) is 7.11 Å². The van der Waals surface area contributed by atoms with Crippen LogP contribution in [-0.2, 0) is 4.74 Å². The van der Waals surface area contributed by atoms with E-state index in [2.05, 4.69) is 21.1 Å². The van der Waals surface area contributed by atoms with Crippen molar-refractivity contribution in [2.24, 2.45) is 0 Å². The fourth-order valence-electron chi connectivity index (χ4n) is 3.56. The van der Waals surface area contributed by atoms with Crippen molar-refractivity contribution in [3.05, 3.63) is 63.5 Å². The van der Waals surface area contributed by atoms with Crippen molar-refractivity contribution in [1.82, 2.24) is 15.1 Å². The summed E-state index contributed by atoms with van der Waals surface area (Å²) >= 11 is 0. The number of aryl methyl sites for hydroxylation is 1. The molecule has 1 aliphatic rings. The van der Waals surface area contributed by atoms with E-state index in [0.29, 0.717) is 24.4 Å². The third-order valence-electron chi connectivity index (χ3n) is 4.99. The molecule has 2 aromatic rings. The third-order valence-corrected chi connectivity index (χ3v) is 4.99. The lowest BCUT2D eigenvalue weighted by molar-refractivity contribution is 0.174. The van der Waals surface area contributed by atoms with E-state index in [9.17, 15) is 5.26 Å². The van der Waals surface area contributed by atoms with Gasteiger partial charge in [0.2, 0.25) is 0 Å². The van der Waals surface area contributed by atoms with Gasteiger partial charge in [-0.25, -0.2) is 4.85 Å². The van der Waals surface area contributed by atoms with Gasteiger partial charge in [0.25, 0.3) is 0 Å². The van der Waals surface area contributed by atoms with Gasteiger partial charge in [-0.2, -0.15) is 10.4 Å². The highest BCUT2D eigenvalue weighted by molar-refractivity contribution is 5.82. The zero-order valence-electron chi connectivity index (χ0n) is 15.4. The molecule has 2 heterocycles. The monoisotopic (exact) mass is 347 g/mol. The molecule has 6 heteroatoms. The normalized spacial score (nSPS) is 17.6. The number of aromatic amines is 1. The summed E-state index contributed by atoms with van der Waals surface area (Å²) in [6.07, 6.45) is 0. The zero-order valence-corrected chi connectivity index (χ0v) is 15.4. The van der Waals surface area contributed by atoms with Crippen LogP contribution in [0.4, 0.5) is 0 Å². The summed E-state index contributed by atoms with van der Waals surface area (Å²) < 4.78 is 5.19. The Balaban J connectivity index is 2.17. The Bertz CT molecular complexity index is 961. The number of aromatic nitrogens is 2. The molecule has 1 aliphatic heterocycles. The molecular weight excluding hydrogens is 326 g/mol. The van der Waals surface area contributed by atoms with Gasteiger partial charge in [-0.3, -0.25) is 5.10 Å². The van der Waals surface area contributed by atoms with Crippen molar-refractivity contribution < 1.29 is 4.74 Å². The lowest BCUT2D eigenvalue weighted by atomic mass is 9.83. The van der Waals surface area contributed by atoms with Gasteiger partial charge in [0.05, 0.1) is 36.3 Å². The molecule has 0 saturated carbocycles. The maximum absolute atomic E-state index is 9.85. The number of ether oxygens (including phenoxy) is 1. The topological polar surface area (TPSA) is 69.3 Å². The number of rotatable bonds is 4. The number of fused-ring (bicyclic) bond motifs is 1. The van der Waals surface area contributed by atoms with Gasteiger partial charge in [-0.1, -0.05) is 6.07 Å². The largest absolute Gasteiger partial charge is 0.383 e. The number of nitrogens with one attached hydrogen (secondary N) is 1. The third kappa shape index (κ3) is 2.75.